The minimum absolute atomic E-state index is 0.0886. The first-order valence-electron chi connectivity index (χ1n) is 12.8. The zero-order valence-electron chi connectivity index (χ0n) is 21.4. The number of aryl methyl sites for hydroxylation is 1. The molecular weight excluding hydrogens is 501 g/mol. The lowest BCUT2D eigenvalue weighted by molar-refractivity contribution is -0.359. The number of thiazole rings is 1. The Bertz CT molecular complexity index is 1480. The van der Waals surface area contributed by atoms with E-state index in [1.807, 2.05) is 38.8 Å². The number of hydrogen-bond acceptors (Lipinski definition) is 6. The molecule has 37 heavy (non-hydrogen) atoms. The van der Waals surface area contributed by atoms with Gasteiger partial charge in [0.2, 0.25) is 5.60 Å². The number of alkyl halides is 3. The molecule has 4 aromatic heterocycles. The number of H-pyrrole nitrogens is 1. The summed E-state index contributed by atoms with van der Waals surface area (Å²) in [6.45, 7) is 7.24. The molecule has 1 aliphatic carbocycles. The summed E-state index contributed by atoms with van der Waals surface area (Å²) in [5.74, 6) is 0.146. The summed E-state index contributed by atoms with van der Waals surface area (Å²) in [6.07, 6.45) is 4.58. The van der Waals surface area contributed by atoms with Crippen LogP contribution < -0.4 is 0 Å². The van der Waals surface area contributed by atoms with Crippen LogP contribution in [0, 0.1) is 13.8 Å². The van der Waals surface area contributed by atoms with Crippen LogP contribution in [0.15, 0.2) is 18.7 Å². The second-order valence-electron chi connectivity index (χ2n) is 10.9. The molecule has 7 nitrogen and oxygen atoms in total. The fourth-order valence-electron chi connectivity index (χ4n) is 6.50. The van der Waals surface area contributed by atoms with Gasteiger partial charge in [-0.1, -0.05) is 44.4 Å². The van der Waals surface area contributed by atoms with Crippen LogP contribution in [0.3, 0.4) is 0 Å². The summed E-state index contributed by atoms with van der Waals surface area (Å²) in [5, 5.41) is 16.3. The van der Waals surface area contributed by atoms with E-state index in [1.165, 1.54) is 22.2 Å². The molecule has 0 spiro atoms. The van der Waals surface area contributed by atoms with Crippen LogP contribution in [0.2, 0.25) is 0 Å². The highest BCUT2D eigenvalue weighted by Crippen LogP contribution is 2.62. The molecule has 1 aliphatic heterocycles. The van der Waals surface area contributed by atoms with Gasteiger partial charge in [-0.25, -0.2) is 14.5 Å². The maximum atomic E-state index is 15.0. The average Bonchev–Trinajstić information content (AvgIpc) is 3.56. The monoisotopic (exact) mass is 532 g/mol. The van der Waals surface area contributed by atoms with E-state index in [0.717, 1.165) is 43.2 Å². The average molecular weight is 533 g/mol. The van der Waals surface area contributed by atoms with Crippen molar-refractivity contribution in [3.05, 3.63) is 46.0 Å². The Kier molecular flexibility index (Phi) is 5.53. The summed E-state index contributed by atoms with van der Waals surface area (Å²) >= 11 is 1.21. The molecule has 2 aliphatic rings. The minimum Gasteiger partial charge on any atom is -0.377 e. The fourth-order valence-corrected chi connectivity index (χ4v) is 7.75. The van der Waals surface area contributed by atoms with Gasteiger partial charge >= 0.3 is 6.18 Å². The Morgan fingerprint density at radius 3 is 2.57 bits per heavy atom. The summed E-state index contributed by atoms with van der Waals surface area (Å²) in [6, 6.07) is -0.0886. The molecule has 2 unspecified atom stereocenters. The van der Waals surface area contributed by atoms with Crippen molar-refractivity contribution < 1.29 is 18.3 Å². The van der Waals surface area contributed by atoms with Gasteiger partial charge in [0, 0.05) is 30.5 Å². The minimum atomic E-state index is -4.88. The Hall–Kier alpha value is -2.50. The van der Waals surface area contributed by atoms with Crippen LogP contribution in [0.5, 0.6) is 0 Å². The van der Waals surface area contributed by atoms with Crippen LogP contribution in [-0.2, 0) is 5.54 Å². The number of β-amino-alcohol motifs (C(OH)–C–C–N with tert-alkyl or cyclic N) is 1. The van der Waals surface area contributed by atoms with E-state index >= 15 is 13.2 Å². The third-order valence-electron chi connectivity index (χ3n) is 8.62. The second-order valence-corrected chi connectivity index (χ2v) is 11.9. The highest BCUT2D eigenvalue weighted by atomic mass is 32.1. The third kappa shape index (κ3) is 3.23. The number of aromatic amines is 1. The lowest BCUT2D eigenvalue weighted by Crippen LogP contribution is -2.83. The van der Waals surface area contributed by atoms with Crippen molar-refractivity contribution in [2.24, 2.45) is 0 Å². The smallest absolute Gasteiger partial charge is 0.377 e. The maximum absolute atomic E-state index is 15.0. The first-order valence-corrected chi connectivity index (χ1v) is 13.7. The normalized spacial score (nSPS) is 26.0. The Morgan fingerprint density at radius 1 is 1.16 bits per heavy atom. The number of likely N-dealkylation sites (tertiary alicyclic amines) is 1. The molecule has 4 aromatic rings. The van der Waals surface area contributed by atoms with Crippen LogP contribution in [0.4, 0.5) is 13.2 Å². The predicted octanol–water partition coefficient (Wildman–Crippen LogP) is 5.59. The number of rotatable bonds is 4. The van der Waals surface area contributed by atoms with Gasteiger partial charge in [0.1, 0.15) is 27.2 Å². The Balaban J connectivity index is 1.70. The van der Waals surface area contributed by atoms with Gasteiger partial charge in [0.15, 0.2) is 5.65 Å². The van der Waals surface area contributed by atoms with E-state index in [1.54, 1.807) is 6.20 Å². The molecule has 1 saturated carbocycles. The lowest BCUT2D eigenvalue weighted by atomic mass is 9.63. The van der Waals surface area contributed by atoms with Gasteiger partial charge in [-0.05, 0) is 49.3 Å². The van der Waals surface area contributed by atoms with Gasteiger partial charge in [-0.3, -0.25) is 4.90 Å². The Labute approximate surface area is 216 Å². The van der Waals surface area contributed by atoms with Gasteiger partial charge in [-0.2, -0.15) is 18.3 Å². The molecule has 2 atom stereocenters. The predicted molar refractivity (Wildman–Crippen MR) is 136 cm³/mol. The number of fused-ring (bicyclic) bond motifs is 2. The second kappa shape index (κ2) is 8.25. The maximum Gasteiger partial charge on any atom is 0.421 e. The number of pyridine rings is 1. The van der Waals surface area contributed by atoms with Gasteiger partial charge in [0.05, 0.1) is 0 Å². The van der Waals surface area contributed by atoms with Crippen LogP contribution in [-0.4, -0.2) is 58.9 Å². The van der Waals surface area contributed by atoms with Crippen LogP contribution in [0.25, 0.3) is 16.0 Å². The van der Waals surface area contributed by atoms with E-state index in [2.05, 4.69) is 15.1 Å². The molecular formula is C26H31F3N6OS. The van der Waals surface area contributed by atoms with E-state index in [4.69, 9.17) is 4.98 Å². The first-order chi connectivity index (χ1) is 17.5. The standard InChI is InChI=1S/C26H31F3N6OS/c1-14(2)18-10-30-22-20(18)33-23(37-22)25(19-11-35-21(31-13-32-35)16(4)15(19)3)24(36,26(27,28)29)12-34(25)17-8-6-5-7-9-17/h10-11,13-14,17,30,36H,5-9,12H2,1-4H3. The summed E-state index contributed by atoms with van der Waals surface area (Å²) < 4.78 is 46.6. The zero-order valence-corrected chi connectivity index (χ0v) is 22.2. The molecule has 11 heteroatoms. The summed E-state index contributed by atoms with van der Waals surface area (Å²) in [5.41, 5.74) is -0.939. The van der Waals surface area contributed by atoms with Crippen LogP contribution >= 0.6 is 11.3 Å². The molecule has 2 fully saturated rings. The molecule has 6 rings (SSSR count). The SMILES string of the molecule is Cc1c(C2(c3nc4c(C(C)C)c[nH]c4s3)N(C3CCCCC3)CC2(O)C(F)(F)F)cn2ncnc2c1C. The highest BCUT2D eigenvalue weighted by Gasteiger charge is 2.79. The number of halogens is 3. The summed E-state index contributed by atoms with van der Waals surface area (Å²) in [4.78, 5) is 15.0. The van der Waals surface area contributed by atoms with Crippen molar-refractivity contribution >= 4 is 27.3 Å². The molecule has 0 bridgehead atoms. The molecule has 0 aromatic carbocycles. The molecule has 2 N–H and O–H groups in total. The zero-order chi connectivity index (χ0) is 26.3. The van der Waals surface area contributed by atoms with E-state index in [0.29, 0.717) is 27.1 Å². The third-order valence-corrected chi connectivity index (χ3v) is 9.72. The molecule has 0 radical (unpaired) electrons. The molecule has 5 heterocycles. The number of nitrogens with one attached hydrogen (secondary N) is 1. The summed E-state index contributed by atoms with van der Waals surface area (Å²) in [7, 11) is 0. The lowest BCUT2D eigenvalue weighted by Gasteiger charge is -2.65. The van der Waals surface area contributed by atoms with Crippen molar-refractivity contribution in [2.45, 2.75) is 89.1 Å². The van der Waals surface area contributed by atoms with Crippen molar-refractivity contribution in [3.63, 3.8) is 0 Å². The van der Waals surface area contributed by atoms with Gasteiger partial charge < -0.3 is 10.1 Å². The van der Waals surface area contributed by atoms with E-state index in [9.17, 15) is 5.11 Å². The van der Waals surface area contributed by atoms with E-state index < -0.39 is 23.9 Å². The largest absolute Gasteiger partial charge is 0.421 e. The molecule has 0 amide bonds. The Morgan fingerprint density at radius 2 is 1.89 bits per heavy atom. The van der Waals surface area contributed by atoms with Crippen molar-refractivity contribution in [3.8, 4) is 0 Å². The highest BCUT2D eigenvalue weighted by molar-refractivity contribution is 7.18. The van der Waals surface area contributed by atoms with E-state index in [-0.39, 0.29) is 17.0 Å². The molecule has 1 saturated heterocycles. The fraction of sp³-hybridized carbons (Fsp3) is 0.577. The van der Waals surface area contributed by atoms with Gasteiger partial charge in [-0.15, -0.1) is 0 Å². The topological polar surface area (TPSA) is 82.3 Å². The van der Waals surface area contributed by atoms with Crippen LogP contribution in [0.1, 0.15) is 79.1 Å². The number of nitrogens with zero attached hydrogens (tertiary/aromatic N) is 5. The van der Waals surface area contributed by atoms with Crippen molar-refractivity contribution in [2.75, 3.05) is 6.54 Å². The first kappa shape index (κ1) is 24.8. The number of aromatic nitrogens is 5. The molecule has 198 valence electrons. The quantitative estimate of drug-likeness (QED) is 0.358. The van der Waals surface area contributed by atoms with Crippen molar-refractivity contribution in [1.29, 1.82) is 0 Å². The number of aliphatic hydroxyl groups is 1. The van der Waals surface area contributed by atoms with Crippen molar-refractivity contribution in [1.82, 2.24) is 29.5 Å². The van der Waals surface area contributed by atoms with Gasteiger partial charge in [0.25, 0.3) is 0 Å². The number of hydrogen-bond donors (Lipinski definition) is 2.